The third kappa shape index (κ3) is 10.2. The fraction of sp³-hybridized carbons (Fsp3) is 0.600. The van der Waals surface area contributed by atoms with Crippen LogP contribution in [0.4, 0.5) is 0 Å². The summed E-state index contributed by atoms with van der Waals surface area (Å²) in [7, 11) is 0. The maximum atomic E-state index is 11.0. The van der Waals surface area contributed by atoms with Gasteiger partial charge in [-0.3, -0.25) is 0 Å². The van der Waals surface area contributed by atoms with Crippen molar-refractivity contribution < 1.29 is 38.3 Å². The molecular formula is C10H18N4O4Ti. The van der Waals surface area contributed by atoms with E-state index in [2.05, 4.69) is 21.3 Å². The Hall–Kier alpha value is -1.41. The number of amides is 4. The Morgan fingerprint density at radius 3 is 1.00 bits per heavy atom. The first-order valence-electron chi connectivity index (χ1n) is 5.55. The standard InChI is InChI=1S/2C5H9N2O2.Ti/c2*1-4(8)6-3-7-5(2)9;/h2*3H,1-2H3,(H,6,8)(H,7,9);. The Balaban J connectivity index is 4.68. The molecule has 0 radical (unpaired) electrons. The Morgan fingerprint density at radius 2 is 0.842 bits per heavy atom. The topological polar surface area (TPSA) is 116 Å². The van der Waals surface area contributed by atoms with E-state index in [4.69, 9.17) is 0 Å². The molecule has 0 aliphatic rings. The Morgan fingerprint density at radius 1 is 0.632 bits per heavy atom. The molecule has 8 nitrogen and oxygen atoms in total. The van der Waals surface area contributed by atoms with E-state index in [1.807, 2.05) is 0 Å². The summed E-state index contributed by atoms with van der Waals surface area (Å²) in [5.41, 5.74) is 0. The number of hydrogen-bond donors (Lipinski definition) is 4. The zero-order chi connectivity index (χ0) is 15.0. The molecule has 0 aromatic carbocycles. The van der Waals surface area contributed by atoms with Gasteiger partial charge in [-0.25, -0.2) is 0 Å². The van der Waals surface area contributed by atoms with E-state index in [-0.39, 0.29) is 23.6 Å². The number of carbonyl (C=O) groups excluding carboxylic acids is 4. The van der Waals surface area contributed by atoms with Crippen molar-refractivity contribution in [3.05, 3.63) is 0 Å². The first-order chi connectivity index (χ1) is 8.70. The average molecular weight is 306 g/mol. The maximum absolute atomic E-state index is 11.0. The van der Waals surface area contributed by atoms with Gasteiger partial charge in [0, 0.05) is 0 Å². The molecule has 0 aromatic heterocycles. The van der Waals surface area contributed by atoms with Crippen molar-refractivity contribution in [2.24, 2.45) is 0 Å². The van der Waals surface area contributed by atoms with E-state index in [1.165, 1.54) is 27.7 Å². The summed E-state index contributed by atoms with van der Waals surface area (Å²) in [6.07, 6.45) is 0. The molecule has 9 heteroatoms. The van der Waals surface area contributed by atoms with Gasteiger partial charge in [0.2, 0.25) is 0 Å². The molecule has 0 spiro atoms. The fourth-order valence-corrected chi connectivity index (χ4v) is 3.53. The zero-order valence-corrected chi connectivity index (χ0v) is 12.8. The molecule has 0 heterocycles. The summed E-state index contributed by atoms with van der Waals surface area (Å²) >= 11 is -1.12. The van der Waals surface area contributed by atoms with Crippen LogP contribution < -0.4 is 21.3 Å². The van der Waals surface area contributed by atoms with E-state index >= 15 is 0 Å². The molecule has 106 valence electrons. The van der Waals surface area contributed by atoms with Crippen LogP contribution in [0.5, 0.6) is 0 Å². The van der Waals surface area contributed by atoms with Gasteiger partial charge in [-0.05, 0) is 0 Å². The van der Waals surface area contributed by atoms with E-state index in [1.54, 1.807) is 0 Å². The van der Waals surface area contributed by atoms with Gasteiger partial charge in [-0.2, -0.15) is 0 Å². The number of rotatable bonds is 6. The molecule has 19 heavy (non-hydrogen) atoms. The molecule has 0 aliphatic carbocycles. The predicted molar refractivity (Wildman–Crippen MR) is 62.8 cm³/mol. The van der Waals surface area contributed by atoms with Crippen LogP contribution in [0.1, 0.15) is 27.7 Å². The fourth-order valence-electron chi connectivity index (χ4n) is 1.22. The summed E-state index contributed by atoms with van der Waals surface area (Å²) in [5.74, 6) is -1.20. The van der Waals surface area contributed by atoms with Crippen LogP contribution in [0.2, 0.25) is 0 Å². The van der Waals surface area contributed by atoms with Crippen molar-refractivity contribution in [1.82, 2.24) is 21.3 Å². The van der Waals surface area contributed by atoms with E-state index in [0.717, 1.165) is 0 Å². The van der Waals surface area contributed by atoms with Crippen LogP contribution in [0, 0.1) is 0 Å². The summed E-state index contributed by atoms with van der Waals surface area (Å²) in [4.78, 5) is 44.2. The van der Waals surface area contributed by atoms with Crippen molar-refractivity contribution in [3.8, 4) is 0 Å². The second-order valence-electron chi connectivity index (χ2n) is 3.83. The minimum absolute atomic E-state index is 0.299. The molecule has 0 fully saturated rings. The van der Waals surface area contributed by atoms with Crippen LogP contribution in [0.3, 0.4) is 0 Å². The second-order valence-corrected chi connectivity index (χ2v) is 6.16. The van der Waals surface area contributed by atoms with Crippen molar-refractivity contribution in [3.63, 3.8) is 0 Å². The molecule has 0 unspecified atom stereocenters. The first kappa shape index (κ1) is 17.6. The van der Waals surface area contributed by atoms with E-state index < -0.39 is 28.1 Å². The van der Waals surface area contributed by atoms with Crippen LogP contribution in [0.15, 0.2) is 0 Å². The SMILES string of the molecule is CC(=O)N[CH](NC(C)=O)[Ti][CH](NC(C)=O)NC(C)=O. The van der Waals surface area contributed by atoms with Gasteiger partial charge in [0.1, 0.15) is 0 Å². The van der Waals surface area contributed by atoms with Gasteiger partial charge >= 0.3 is 120 Å². The zero-order valence-electron chi connectivity index (χ0n) is 11.3. The summed E-state index contributed by atoms with van der Waals surface area (Å²) in [5, 5.41) is 10.3. The summed E-state index contributed by atoms with van der Waals surface area (Å²) in [6.45, 7) is 5.30. The number of hydrogen-bond acceptors (Lipinski definition) is 4. The third-order valence-corrected chi connectivity index (χ3v) is 3.67. The van der Waals surface area contributed by atoms with E-state index in [9.17, 15) is 19.2 Å². The Labute approximate surface area is 120 Å². The molecule has 0 atom stereocenters. The van der Waals surface area contributed by atoms with Crippen molar-refractivity contribution in [2.45, 2.75) is 36.6 Å². The second kappa shape index (κ2) is 8.65. The van der Waals surface area contributed by atoms with Crippen molar-refractivity contribution >= 4 is 23.6 Å². The van der Waals surface area contributed by atoms with Gasteiger partial charge in [0.15, 0.2) is 0 Å². The van der Waals surface area contributed by atoms with Gasteiger partial charge in [0.25, 0.3) is 0 Å². The molecular weight excluding hydrogens is 288 g/mol. The van der Waals surface area contributed by atoms with Gasteiger partial charge < -0.3 is 0 Å². The third-order valence-electron chi connectivity index (χ3n) is 1.72. The first-order valence-corrected chi connectivity index (χ1v) is 7.35. The normalized spacial score (nSPS) is 9.79. The summed E-state index contributed by atoms with van der Waals surface area (Å²) in [6, 6.07) is 0. The number of carbonyl (C=O) groups is 4. The van der Waals surface area contributed by atoms with Crippen molar-refractivity contribution in [1.29, 1.82) is 0 Å². The number of nitrogens with one attached hydrogen (secondary N) is 4. The quantitative estimate of drug-likeness (QED) is 0.341. The molecule has 4 amide bonds. The van der Waals surface area contributed by atoms with Crippen LogP contribution in [0.25, 0.3) is 0 Å². The van der Waals surface area contributed by atoms with Gasteiger partial charge in [0.05, 0.1) is 0 Å². The van der Waals surface area contributed by atoms with E-state index in [0.29, 0.717) is 0 Å². The van der Waals surface area contributed by atoms with Gasteiger partial charge in [-0.15, -0.1) is 0 Å². The summed E-state index contributed by atoms with van der Waals surface area (Å²) < 4.78 is -1.11. The molecule has 0 bridgehead atoms. The monoisotopic (exact) mass is 306 g/mol. The predicted octanol–water partition coefficient (Wildman–Crippen LogP) is -1.82. The van der Waals surface area contributed by atoms with Crippen LogP contribution in [-0.4, -0.2) is 32.6 Å². The Bertz CT molecular complexity index is 309. The average Bonchev–Trinajstić information content (AvgIpc) is 2.11. The van der Waals surface area contributed by atoms with Crippen molar-refractivity contribution in [2.75, 3.05) is 0 Å². The molecule has 0 saturated heterocycles. The van der Waals surface area contributed by atoms with Crippen LogP contribution >= 0.6 is 0 Å². The molecule has 0 aliphatic heterocycles. The Kier molecular flexibility index (Phi) is 8.01. The molecule has 4 N–H and O–H groups in total. The molecule has 0 aromatic rings. The van der Waals surface area contributed by atoms with Crippen LogP contribution in [-0.2, 0) is 38.3 Å². The van der Waals surface area contributed by atoms with Gasteiger partial charge in [-0.1, -0.05) is 0 Å². The molecule has 0 saturated carbocycles. The minimum atomic E-state index is -1.12. The molecule has 0 rings (SSSR count).